The van der Waals surface area contributed by atoms with E-state index in [1.54, 1.807) is 12.1 Å². The summed E-state index contributed by atoms with van der Waals surface area (Å²) in [5.41, 5.74) is 2.33. The zero-order chi connectivity index (χ0) is 25.0. The highest BCUT2D eigenvalue weighted by atomic mass is 35.5. The molecule has 0 heterocycles. The Bertz CT molecular complexity index is 1080. The van der Waals surface area contributed by atoms with E-state index >= 15 is 0 Å². The average molecular weight is 497 g/mol. The number of carbonyl (C=O) groups is 1. The molecular weight excluding hydrogens is 464 g/mol. The van der Waals surface area contributed by atoms with E-state index < -0.39 is 0 Å². The van der Waals surface area contributed by atoms with Crippen LogP contribution in [-0.4, -0.2) is 25.3 Å². The summed E-state index contributed by atoms with van der Waals surface area (Å²) < 4.78 is 23.1. The van der Waals surface area contributed by atoms with Crippen molar-refractivity contribution in [3.63, 3.8) is 0 Å². The third-order valence-electron chi connectivity index (χ3n) is 5.46. The second kappa shape index (κ2) is 13.6. The van der Waals surface area contributed by atoms with E-state index in [2.05, 4.69) is 13.0 Å². The second-order valence-electron chi connectivity index (χ2n) is 8.16. The number of benzene rings is 3. The molecule has 0 spiro atoms. The van der Waals surface area contributed by atoms with Gasteiger partial charge in [0, 0.05) is 23.9 Å². The van der Waals surface area contributed by atoms with Crippen molar-refractivity contribution in [3.8, 4) is 23.0 Å². The molecule has 0 radical (unpaired) electrons. The number of esters is 1. The van der Waals surface area contributed by atoms with Gasteiger partial charge in [0.15, 0.2) is 11.5 Å². The molecule has 6 heteroatoms. The van der Waals surface area contributed by atoms with E-state index in [9.17, 15) is 4.79 Å². The van der Waals surface area contributed by atoms with Gasteiger partial charge >= 0.3 is 5.97 Å². The predicted molar refractivity (Wildman–Crippen MR) is 139 cm³/mol. The smallest absolute Gasteiger partial charge is 0.306 e. The predicted octanol–water partition coefficient (Wildman–Crippen LogP) is 7.43. The van der Waals surface area contributed by atoms with Gasteiger partial charge in [0.2, 0.25) is 0 Å². The fourth-order valence-electron chi connectivity index (χ4n) is 3.64. The Morgan fingerprint density at radius 3 is 2.46 bits per heavy atom. The van der Waals surface area contributed by atoms with Crippen molar-refractivity contribution in [1.29, 1.82) is 0 Å². The minimum Gasteiger partial charge on any atom is -0.491 e. The maximum Gasteiger partial charge on any atom is 0.306 e. The Balaban J connectivity index is 1.53. The van der Waals surface area contributed by atoms with E-state index in [0.29, 0.717) is 54.7 Å². The summed E-state index contributed by atoms with van der Waals surface area (Å²) in [6, 6.07) is 20.9. The number of hydrogen-bond donors (Lipinski definition) is 0. The second-order valence-corrected chi connectivity index (χ2v) is 8.60. The van der Waals surface area contributed by atoms with Crippen LogP contribution >= 0.6 is 11.6 Å². The van der Waals surface area contributed by atoms with E-state index in [1.165, 1.54) is 5.56 Å². The molecule has 0 saturated carbocycles. The monoisotopic (exact) mass is 496 g/mol. The van der Waals surface area contributed by atoms with Crippen LogP contribution < -0.4 is 14.2 Å². The summed E-state index contributed by atoms with van der Waals surface area (Å²) in [4.78, 5) is 11.7. The fourth-order valence-corrected chi connectivity index (χ4v) is 3.80. The molecule has 0 aliphatic heterocycles. The Hall–Kier alpha value is -3.18. The fraction of sp³-hybridized carbons (Fsp3) is 0.345. The molecule has 0 aliphatic rings. The lowest BCUT2D eigenvalue weighted by molar-refractivity contribution is -0.143. The Labute approximate surface area is 212 Å². The van der Waals surface area contributed by atoms with E-state index in [-0.39, 0.29) is 12.1 Å². The van der Waals surface area contributed by atoms with Crippen LogP contribution in [0.1, 0.15) is 44.7 Å². The van der Waals surface area contributed by atoms with E-state index in [1.807, 2.05) is 62.4 Å². The van der Waals surface area contributed by atoms with Crippen molar-refractivity contribution >= 4 is 17.6 Å². The quantitative estimate of drug-likeness (QED) is 0.230. The SMILES string of the molecule is CCOC(=O)CCc1ccc(O[C@@H](C)CCOc2ccc(Cl)cc2Oc2ccccc2)cc1CC. The van der Waals surface area contributed by atoms with Gasteiger partial charge in [-0.15, -0.1) is 0 Å². The van der Waals surface area contributed by atoms with Gasteiger partial charge in [-0.3, -0.25) is 4.79 Å². The molecule has 186 valence electrons. The van der Waals surface area contributed by atoms with Crippen molar-refractivity contribution in [2.24, 2.45) is 0 Å². The highest BCUT2D eigenvalue weighted by molar-refractivity contribution is 6.30. The molecule has 3 aromatic rings. The van der Waals surface area contributed by atoms with Crippen LogP contribution in [0.5, 0.6) is 23.0 Å². The lowest BCUT2D eigenvalue weighted by Gasteiger charge is -2.18. The summed E-state index contributed by atoms with van der Waals surface area (Å²) in [5.74, 6) is 2.57. The molecule has 0 fully saturated rings. The van der Waals surface area contributed by atoms with Gasteiger partial charge in [-0.2, -0.15) is 0 Å². The van der Waals surface area contributed by atoms with Crippen LogP contribution in [0.4, 0.5) is 0 Å². The number of halogens is 1. The number of hydrogen-bond acceptors (Lipinski definition) is 5. The lowest BCUT2D eigenvalue weighted by atomic mass is 10.0. The summed E-state index contributed by atoms with van der Waals surface area (Å²) in [6.45, 7) is 6.82. The molecule has 0 N–H and O–H groups in total. The first-order valence-electron chi connectivity index (χ1n) is 12.1. The van der Waals surface area contributed by atoms with Crippen LogP contribution in [0.25, 0.3) is 0 Å². The standard InChI is InChI=1S/C29H33ClO5/c1-4-22-19-26(14-11-23(22)12-16-29(31)32-5-2)34-21(3)17-18-33-27-15-13-24(30)20-28(27)35-25-9-7-6-8-10-25/h6-11,13-15,19-21H,4-5,12,16-18H2,1-3H3/t21-/m0/s1. The summed E-state index contributed by atoms with van der Waals surface area (Å²) in [6.07, 6.45) is 2.57. The van der Waals surface area contributed by atoms with Gasteiger partial charge in [-0.05, 0) is 74.2 Å². The first-order valence-corrected chi connectivity index (χ1v) is 12.5. The molecule has 3 aromatic carbocycles. The zero-order valence-corrected chi connectivity index (χ0v) is 21.3. The highest BCUT2D eigenvalue weighted by Crippen LogP contribution is 2.34. The van der Waals surface area contributed by atoms with Crippen LogP contribution in [0.15, 0.2) is 66.7 Å². The highest BCUT2D eigenvalue weighted by Gasteiger charge is 2.12. The van der Waals surface area contributed by atoms with Crippen LogP contribution in [0, 0.1) is 0 Å². The summed E-state index contributed by atoms with van der Waals surface area (Å²) in [7, 11) is 0. The average Bonchev–Trinajstić information content (AvgIpc) is 2.85. The molecule has 0 amide bonds. The van der Waals surface area contributed by atoms with Crippen molar-refractivity contribution in [2.75, 3.05) is 13.2 Å². The summed E-state index contributed by atoms with van der Waals surface area (Å²) in [5, 5.41) is 0.581. The molecule has 0 saturated heterocycles. The third-order valence-corrected chi connectivity index (χ3v) is 5.69. The molecule has 5 nitrogen and oxygen atoms in total. The van der Waals surface area contributed by atoms with Crippen molar-refractivity contribution in [2.45, 2.75) is 52.6 Å². The molecule has 1 atom stereocenters. The Morgan fingerprint density at radius 1 is 0.914 bits per heavy atom. The van der Waals surface area contributed by atoms with Gasteiger partial charge < -0.3 is 18.9 Å². The zero-order valence-electron chi connectivity index (χ0n) is 20.6. The van der Waals surface area contributed by atoms with E-state index in [4.69, 9.17) is 30.5 Å². The number of rotatable bonds is 13. The van der Waals surface area contributed by atoms with Crippen molar-refractivity contribution in [3.05, 3.63) is 82.9 Å². The minimum atomic E-state index is -0.165. The Morgan fingerprint density at radius 2 is 1.71 bits per heavy atom. The van der Waals surface area contributed by atoms with Gasteiger partial charge in [-0.25, -0.2) is 0 Å². The van der Waals surface area contributed by atoms with Crippen molar-refractivity contribution in [1.82, 2.24) is 0 Å². The molecular formula is C29H33ClO5. The number of carbonyl (C=O) groups excluding carboxylic acids is 1. The molecule has 0 bridgehead atoms. The first-order chi connectivity index (χ1) is 17.0. The van der Waals surface area contributed by atoms with Gasteiger partial charge in [-0.1, -0.05) is 42.8 Å². The molecule has 0 aliphatic carbocycles. The maximum absolute atomic E-state index is 11.7. The number of ether oxygens (including phenoxy) is 4. The lowest BCUT2D eigenvalue weighted by Crippen LogP contribution is -2.16. The largest absolute Gasteiger partial charge is 0.491 e. The topological polar surface area (TPSA) is 54.0 Å². The number of aryl methyl sites for hydroxylation is 2. The van der Waals surface area contributed by atoms with Crippen LogP contribution in [0.3, 0.4) is 0 Å². The van der Waals surface area contributed by atoms with Crippen molar-refractivity contribution < 1.29 is 23.7 Å². The van der Waals surface area contributed by atoms with Gasteiger partial charge in [0.1, 0.15) is 11.5 Å². The Kier molecular flexibility index (Phi) is 10.3. The molecule has 0 aromatic heterocycles. The maximum atomic E-state index is 11.7. The van der Waals surface area contributed by atoms with Crippen LogP contribution in [0.2, 0.25) is 5.02 Å². The minimum absolute atomic E-state index is 0.0455. The normalized spacial score (nSPS) is 11.5. The third kappa shape index (κ3) is 8.52. The number of para-hydroxylation sites is 1. The molecule has 0 unspecified atom stereocenters. The molecule has 35 heavy (non-hydrogen) atoms. The van der Waals surface area contributed by atoms with Gasteiger partial charge in [0.25, 0.3) is 0 Å². The molecule has 3 rings (SSSR count). The first kappa shape index (κ1) is 26.4. The summed E-state index contributed by atoms with van der Waals surface area (Å²) >= 11 is 6.16. The van der Waals surface area contributed by atoms with Crippen LogP contribution in [-0.2, 0) is 22.4 Å². The van der Waals surface area contributed by atoms with E-state index in [0.717, 1.165) is 17.7 Å². The van der Waals surface area contributed by atoms with Gasteiger partial charge in [0.05, 0.1) is 19.3 Å².